The Morgan fingerprint density at radius 2 is 2.00 bits per heavy atom. The molecule has 104 valence electrons. The van der Waals surface area contributed by atoms with Crippen LogP contribution < -0.4 is 5.73 Å². The van der Waals surface area contributed by atoms with E-state index in [1.165, 1.54) is 16.0 Å². The Morgan fingerprint density at radius 3 is 2.47 bits per heavy atom. The maximum Gasteiger partial charge on any atom is 0.272 e. The maximum atomic E-state index is 12.3. The van der Waals surface area contributed by atoms with E-state index in [1.807, 2.05) is 6.92 Å². The second-order valence-corrected chi connectivity index (χ2v) is 4.49. The molecule has 0 bridgehead atoms. The highest BCUT2D eigenvalue weighted by Gasteiger charge is 2.19. The molecule has 0 radical (unpaired) electrons. The number of carbonyl (C=O) groups is 2. The molecule has 0 aromatic carbocycles. The Labute approximate surface area is 113 Å². The summed E-state index contributed by atoms with van der Waals surface area (Å²) in [4.78, 5) is 30.9. The van der Waals surface area contributed by atoms with E-state index in [4.69, 9.17) is 5.73 Å². The van der Waals surface area contributed by atoms with Gasteiger partial charge in [0.15, 0.2) is 0 Å². The molecule has 0 aliphatic carbocycles. The van der Waals surface area contributed by atoms with Gasteiger partial charge in [-0.25, -0.2) is 4.98 Å². The van der Waals surface area contributed by atoms with Crippen LogP contribution >= 0.6 is 0 Å². The third-order valence-corrected chi connectivity index (χ3v) is 2.61. The molecule has 0 fully saturated rings. The first-order valence-corrected chi connectivity index (χ1v) is 6.16. The number of nitrogen functional groups attached to an aromatic ring is 1. The number of carbonyl (C=O) groups excluding carboxylic acids is 2. The summed E-state index contributed by atoms with van der Waals surface area (Å²) < 4.78 is 0. The van der Waals surface area contributed by atoms with E-state index in [0.717, 1.165) is 6.42 Å². The van der Waals surface area contributed by atoms with Gasteiger partial charge in [0.2, 0.25) is 5.91 Å². The summed E-state index contributed by atoms with van der Waals surface area (Å²) in [5.41, 5.74) is 6.34. The van der Waals surface area contributed by atoms with Crippen molar-refractivity contribution in [1.29, 1.82) is 0 Å². The third-order valence-electron chi connectivity index (χ3n) is 2.61. The molecule has 0 aliphatic rings. The van der Waals surface area contributed by atoms with Crippen LogP contribution in [0.15, 0.2) is 18.3 Å². The molecular weight excluding hydrogens is 244 g/mol. The molecule has 6 heteroatoms. The van der Waals surface area contributed by atoms with Crippen LogP contribution in [-0.4, -0.2) is 53.8 Å². The van der Waals surface area contributed by atoms with Crippen molar-refractivity contribution < 1.29 is 9.59 Å². The quantitative estimate of drug-likeness (QED) is 0.844. The normalized spacial score (nSPS) is 10.1. The number of aromatic nitrogens is 1. The van der Waals surface area contributed by atoms with E-state index in [0.29, 0.717) is 17.9 Å². The number of nitrogens with two attached hydrogens (primary N) is 1. The molecule has 0 saturated carbocycles. The van der Waals surface area contributed by atoms with Gasteiger partial charge in [0.05, 0.1) is 11.9 Å². The fourth-order valence-electron chi connectivity index (χ4n) is 1.52. The van der Waals surface area contributed by atoms with Gasteiger partial charge in [-0.05, 0) is 18.6 Å². The largest absolute Gasteiger partial charge is 0.397 e. The van der Waals surface area contributed by atoms with Gasteiger partial charge in [0, 0.05) is 20.6 Å². The van der Waals surface area contributed by atoms with Crippen LogP contribution in [0.5, 0.6) is 0 Å². The Morgan fingerprint density at radius 1 is 1.32 bits per heavy atom. The molecule has 0 atom stereocenters. The molecule has 1 rings (SSSR count). The van der Waals surface area contributed by atoms with Crippen LogP contribution in [0.1, 0.15) is 23.8 Å². The average molecular weight is 264 g/mol. The van der Waals surface area contributed by atoms with Crippen molar-refractivity contribution in [2.45, 2.75) is 13.3 Å². The van der Waals surface area contributed by atoms with Crippen LogP contribution in [0.3, 0.4) is 0 Å². The molecule has 1 aromatic heterocycles. The van der Waals surface area contributed by atoms with E-state index >= 15 is 0 Å². The molecule has 2 amide bonds. The summed E-state index contributed by atoms with van der Waals surface area (Å²) in [6.07, 6.45) is 2.21. The third kappa shape index (κ3) is 4.24. The highest BCUT2D eigenvalue weighted by Crippen LogP contribution is 2.06. The molecule has 1 aromatic rings. The predicted octanol–water partition coefficient (Wildman–Crippen LogP) is 0.604. The smallest absolute Gasteiger partial charge is 0.272 e. The second-order valence-electron chi connectivity index (χ2n) is 4.49. The predicted molar refractivity (Wildman–Crippen MR) is 73.5 cm³/mol. The van der Waals surface area contributed by atoms with Gasteiger partial charge in [-0.1, -0.05) is 6.92 Å². The molecule has 0 unspecified atom stereocenters. The number of rotatable bonds is 5. The monoisotopic (exact) mass is 264 g/mol. The van der Waals surface area contributed by atoms with Crippen molar-refractivity contribution in [3.05, 3.63) is 24.0 Å². The Bertz CT molecular complexity index is 442. The SMILES string of the molecule is CCCN(CC(=O)N(C)C)C(=O)c1ccc(N)cn1. The lowest BCUT2D eigenvalue weighted by Crippen LogP contribution is -2.41. The van der Waals surface area contributed by atoms with Gasteiger partial charge in [-0.15, -0.1) is 0 Å². The van der Waals surface area contributed by atoms with Gasteiger partial charge < -0.3 is 15.5 Å². The number of amides is 2. The first kappa shape index (κ1) is 14.9. The van der Waals surface area contributed by atoms with E-state index in [2.05, 4.69) is 4.98 Å². The van der Waals surface area contributed by atoms with Crippen molar-refractivity contribution in [2.24, 2.45) is 0 Å². The van der Waals surface area contributed by atoms with Gasteiger partial charge in [0.25, 0.3) is 5.91 Å². The van der Waals surface area contributed by atoms with E-state index < -0.39 is 0 Å². The Hall–Kier alpha value is -2.11. The molecule has 2 N–H and O–H groups in total. The lowest BCUT2D eigenvalue weighted by atomic mass is 10.2. The van der Waals surface area contributed by atoms with Crippen LogP contribution in [0.2, 0.25) is 0 Å². The molecule has 19 heavy (non-hydrogen) atoms. The fourth-order valence-corrected chi connectivity index (χ4v) is 1.52. The zero-order valence-corrected chi connectivity index (χ0v) is 11.6. The van der Waals surface area contributed by atoms with E-state index in [9.17, 15) is 9.59 Å². The van der Waals surface area contributed by atoms with Crippen LogP contribution in [0, 0.1) is 0 Å². The number of nitrogens with zero attached hydrogens (tertiary/aromatic N) is 3. The highest BCUT2D eigenvalue weighted by atomic mass is 16.2. The van der Waals surface area contributed by atoms with Crippen LogP contribution in [-0.2, 0) is 4.79 Å². The standard InChI is InChI=1S/C13H20N4O2/c1-4-7-17(9-12(18)16(2)3)13(19)11-6-5-10(14)8-15-11/h5-6,8H,4,7,9,14H2,1-3H3. The Kier molecular flexibility index (Phi) is 5.29. The fraction of sp³-hybridized carbons (Fsp3) is 0.462. The van der Waals surface area contributed by atoms with Crippen molar-refractivity contribution in [3.8, 4) is 0 Å². The minimum Gasteiger partial charge on any atom is -0.397 e. The summed E-state index contributed by atoms with van der Waals surface area (Å²) in [5.74, 6) is -0.366. The van der Waals surface area contributed by atoms with Crippen molar-refractivity contribution in [3.63, 3.8) is 0 Å². The Balaban J connectivity index is 2.83. The lowest BCUT2D eigenvalue weighted by molar-refractivity contribution is -0.129. The topological polar surface area (TPSA) is 79.5 Å². The van der Waals surface area contributed by atoms with Crippen molar-refractivity contribution in [2.75, 3.05) is 32.9 Å². The minimum absolute atomic E-state index is 0.0612. The van der Waals surface area contributed by atoms with E-state index in [1.54, 1.807) is 26.2 Å². The lowest BCUT2D eigenvalue weighted by Gasteiger charge is -2.23. The highest BCUT2D eigenvalue weighted by molar-refractivity contribution is 5.95. The van der Waals surface area contributed by atoms with Gasteiger partial charge in [-0.2, -0.15) is 0 Å². The van der Waals surface area contributed by atoms with Gasteiger partial charge in [0.1, 0.15) is 12.2 Å². The molecular formula is C13H20N4O2. The zero-order valence-electron chi connectivity index (χ0n) is 11.6. The summed E-state index contributed by atoms with van der Waals surface area (Å²) in [6.45, 7) is 2.53. The summed E-state index contributed by atoms with van der Waals surface area (Å²) in [5, 5.41) is 0. The molecule has 0 aliphatic heterocycles. The average Bonchev–Trinajstić information content (AvgIpc) is 2.38. The summed E-state index contributed by atoms with van der Waals surface area (Å²) >= 11 is 0. The zero-order chi connectivity index (χ0) is 14.4. The maximum absolute atomic E-state index is 12.3. The van der Waals surface area contributed by atoms with Crippen LogP contribution in [0.25, 0.3) is 0 Å². The minimum atomic E-state index is -0.253. The van der Waals surface area contributed by atoms with Crippen molar-refractivity contribution in [1.82, 2.24) is 14.8 Å². The summed E-state index contributed by atoms with van der Waals surface area (Å²) in [7, 11) is 3.33. The first-order chi connectivity index (χ1) is 8.95. The molecule has 6 nitrogen and oxygen atoms in total. The van der Waals surface area contributed by atoms with E-state index in [-0.39, 0.29) is 18.4 Å². The van der Waals surface area contributed by atoms with Crippen LogP contribution in [0.4, 0.5) is 5.69 Å². The second kappa shape index (κ2) is 6.72. The number of anilines is 1. The van der Waals surface area contributed by atoms with Gasteiger partial charge in [-0.3, -0.25) is 9.59 Å². The number of hydrogen-bond donors (Lipinski definition) is 1. The molecule has 0 saturated heterocycles. The first-order valence-electron chi connectivity index (χ1n) is 6.16. The number of likely N-dealkylation sites (N-methyl/N-ethyl adjacent to an activating group) is 1. The number of hydrogen-bond acceptors (Lipinski definition) is 4. The molecule has 1 heterocycles. The van der Waals surface area contributed by atoms with Crippen molar-refractivity contribution >= 4 is 17.5 Å². The summed E-state index contributed by atoms with van der Waals surface area (Å²) in [6, 6.07) is 3.19. The number of pyridine rings is 1. The molecule has 0 spiro atoms. The van der Waals surface area contributed by atoms with Gasteiger partial charge >= 0.3 is 0 Å².